The Hall–Kier alpha value is -1.60. The molecule has 0 radical (unpaired) electrons. The topological polar surface area (TPSA) is 98.3 Å². The van der Waals surface area contributed by atoms with Crippen LogP contribution in [0.5, 0.6) is 0 Å². The summed E-state index contributed by atoms with van der Waals surface area (Å²) >= 11 is 1.08. The van der Waals surface area contributed by atoms with E-state index in [1.54, 1.807) is 19.1 Å². The first-order chi connectivity index (χ1) is 7.54. The lowest BCUT2D eigenvalue weighted by atomic mass is 10.2. The van der Waals surface area contributed by atoms with E-state index < -0.39 is 4.92 Å². The molecular formula is C9H11N3O3S. The van der Waals surface area contributed by atoms with Crippen LogP contribution in [0.3, 0.4) is 0 Å². The number of nitrogens with zero attached hydrogens (tertiary/aromatic N) is 1. The lowest BCUT2D eigenvalue weighted by Crippen LogP contribution is -2.31. The zero-order valence-electron chi connectivity index (χ0n) is 8.60. The minimum atomic E-state index is -0.463. The van der Waals surface area contributed by atoms with Crippen molar-refractivity contribution in [2.24, 2.45) is 5.84 Å². The maximum Gasteiger partial charge on any atom is 0.283 e. The second kappa shape index (κ2) is 5.47. The van der Waals surface area contributed by atoms with E-state index >= 15 is 0 Å². The van der Waals surface area contributed by atoms with Crippen molar-refractivity contribution in [1.82, 2.24) is 5.43 Å². The van der Waals surface area contributed by atoms with Gasteiger partial charge in [-0.1, -0.05) is 6.07 Å². The van der Waals surface area contributed by atoms with E-state index in [0.29, 0.717) is 4.90 Å². The molecule has 0 aliphatic carbocycles. The number of aryl methyl sites for hydroxylation is 1. The molecule has 0 atom stereocenters. The number of hydrogen-bond acceptors (Lipinski definition) is 5. The summed E-state index contributed by atoms with van der Waals surface area (Å²) < 4.78 is 0. The molecular weight excluding hydrogens is 230 g/mol. The molecule has 0 aliphatic rings. The molecule has 1 rings (SSSR count). The van der Waals surface area contributed by atoms with Crippen LogP contribution in [0.15, 0.2) is 23.1 Å². The number of nitro groups is 1. The number of benzene rings is 1. The summed E-state index contributed by atoms with van der Waals surface area (Å²) in [5.41, 5.74) is 2.78. The summed E-state index contributed by atoms with van der Waals surface area (Å²) in [6.07, 6.45) is 0. The first-order valence-corrected chi connectivity index (χ1v) is 5.40. The third-order valence-corrected chi connectivity index (χ3v) is 2.89. The first kappa shape index (κ1) is 12.5. The van der Waals surface area contributed by atoms with E-state index in [0.717, 1.165) is 17.3 Å². The van der Waals surface area contributed by atoms with Crippen molar-refractivity contribution in [2.45, 2.75) is 11.8 Å². The van der Waals surface area contributed by atoms with Crippen LogP contribution in [0.2, 0.25) is 0 Å². The number of nitrogens with two attached hydrogens (primary N) is 1. The lowest BCUT2D eigenvalue weighted by Gasteiger charge is -2.03. The normalized spacial score (nSPS) is 9.88. The third-order valence-electron chi connectivity index (χ3n) is 1.83. The van der Waals surface area contributed by atoms with Gasteiger partial charge >= 0.3 is 0 Å². The second-order valence-corrected chi connectivity index (χ2v) is 4.10. The maximum absolute atomic E-state index is 10.9. The predicted octanol–water partition coefficient (Wildman–Crippen LogP) is 0.985. The highest BCUT2D eigenvalue weighted by Crippen LogP contribution is 2.29. The fourth-order valence-electron chi connectivity index (χ4n) is 1.08. The summed E-state index contributed by atoms with van der Waals surface area (Å²) in [6, 6.07) is 4.86. The molecule has 6 nitrogen and oxygen atoms in total. The Morgan fingerprint density at radius 3 is 2.88 bits per heavy atom. The SMILES string of the molecule is Cc1ccc(SCC(=O)NN)c([N+](=O)[O-])c1. The molecule has 0 bridgehead atoms. The van der Waals surface area contributed by atoms with Gasteiger partial charge in [-0.2, -0.15) is 0 Å². The number of nitro benzene ring substituents is 1. The van der Waals surface area contributed by atoms with Gasteiger partial charge in [0, 0.05) is 6.07 Å². The Labute approximate surface area is 96.3 Å². The van der Waals surface area contributed by atoms with Crippen molar-refractivity contribution in [3.63, 3.8) is 0 Å². The van der Waals surface area contributed by atoms with Crippen molar-refractivity contribution in [1.29, 1.82) is 0 Å². The number of amides is 1. The molecule has 3 N–H and O–H groups in total. The molecule has 1 amide bonds. The molecule has 0 aromatic heterocycles. The van der Waals surface area contributed by atoms with Crippen LogP contribution in [0.1, 0.15) is 5.56 Å². The quantitative estimate of drug-likeness (QED) is 0.269. The van der Waals surface area contributed by atoms with Gasteiger partial charge in [0.25, 0.3) is 5.69 Å². The van der Waals surface area contributed by atoms with Gasteiger partial charge < -0.3 is 0 Å². The van der Waals surface area contributed by atoms with Crippen LogP contribution in [0.25, 0.3) is 0 Å². The Morgan fingerprint density at radius 2 is 2.31 bits per heavy atom. The highest BCUT2D eigenvalue weighted by Gasteiger charge is 2.14. The van der Waals surface area contributed by atoms with Crippen LogP contribution in [0, 0.1) is 17.0 Å². The predicted molar refractivity (Wildman–Crippen MR) is 60.9 cm³/mol. The van der Waals surface area contributed by atoms with Gasteiger partial charge in [0.1, 0.15) is 0 Å². The number of hydrogen-bond donors (Lipinski definition) is 2. The number of hydrazine groups is 1. The Morgan fingerprint density at radius 1 is 1.62 bits per heavy atom. The smallest absolute Gasteiger partial charge is 0.283 e. The summed E-state index contributed by atoms with van der Waals surface area (Å²) in [5.74, 6) is 4.59. The van der Waals surface area contributed by atoms with Crippen LogP contribution in [0.4, 0.5) is 5.69 Å². The monoisotopic (exact) mass is 241 g/mol. The number of carbonyl (C=O) groups is 1. The van der Waals surface area contributed by atoms with E-state index in [4.69, 9.17) is 5.84 Å². The molecule has 1 aromatic carbocycles. The number of carbonyl (C=O) groups excluding carboxylic acids is 1. The zero-order chi connectivity index (χ0) is 12.1. The van der Waals surface area contributed by atoms with E-state index in [-0.39, 0.29) is 17.3 Å². The van der Waals surface area contributed by atoms with E-state index in [2.05, 4.69) is 0 Å². The fourth-order valence-corrected chi connectivity index (χ4v) is 1.89. The van der Waals surface area contributed by atoms with Gasteiger partial charge in [-0.25, -0.2) is 5.84 Å². The maximum atomic E-state index is 10.9. The highest BCUT2D eigenvalue weighted by molar-refractivity contribution is 8.00. The molecule has 0 saturated carbocycles. The van der Waals surface area contributed by atoms with Crippen LogP contribution < -0.4 is 11.3 Å². The number of rotatable bonds is 4. The molecule has 0 heterocycles. The summed E-state index contributed by atoms with van der Waals surface area (Å²) in [6.45, 7) is 1.77. The largest absolute Gasteiger partial charge is 0.294 e. The van der Waals surface area contributed by atoms with Gasteiger partial charge in [0.15, 0.2) is 0 Å². The molecule has 0 unspecified atom stereocenters. The van der Waals surface area contributed by atoms with Crippen molar-refractivity contribution >= 4 is 23.4 Å². The molecule has 0 aliphatic heterocycles. The third kappa shape index (κ3) is 3.21. The zero-order valence-corrected chi connectivity index (χ0v) is 9.41. The molecule has 0 spiro atoms. The summed E-state index contributed by atoms with van der Waals surface area (Å²) in [7, 11) is 0. The second-order valence-electron chi connectivity index (χ2n) is 3.08. The van der Waals surface area contributed by atoms with Gasteiger partial charge in [0.05, 0.1) is 15.6 Å². The van der Waals surface area contributed by atoms with Gasteiger partial charge in [-0.05, 0) is 18.6 Å². The summed E-state index contributed by atoms with van der Waals surface area (Å²) in [5, 5.41) is 10.8. The minimum absolute atomic E-state index is 0.00909. The van der Waals surface area contributed by atoms with Gasteiger partial charge in [-0.15, -0.1) is 11.8 Å². The number of thioether (sulfide) groups is 1. The minimum Gasteiger partial charge on any atom is -0.294 e. The summed E-state index contributed by atoms with van der Waals surface area (Å²) in [4.78, 5) is 21.7. The van der Waals surface area contributed by atoms with E-state index in [1.807, 2.05) is 5.43 Å². The number of nitrogens with one attached hydrogen (secondary N) is 1. The van der Waals surface area contributed by atoms with Crippen LogP contribution in [-0.2, 0) is 4.79 Å². The molecule has 86 valence electrons. The van der Waals surface area contributed by atoms with Crippen LogP contribution >= 0.6 is 11.8 Å². The molecule has 16 heavy (non-hydrogen) atoms. The van der Waals surface area contributed by atoms with Crippen molar-refractivity contribution in [3.05, 3.63) is 33.9 Å². The average molecular weight is 241 g/mol. The fraction of sp³-hybridized carbons (Fsp3) is 0.222. The first-order valence-electron chi connectivity index (χ1n) is 4.42. The van der Waals surface area contributed by atoms with Crippen molar-refractivity contribution in [3.8, 4) is 0 Å². The van der Waals surface area contributed by atoms with Crippen molar-refractivity contribution in [2.75, 3.05) is 5.75 Å². The van der Waals surface area contributed by atoms with E-state index in [9.17, 15) is 14.9 Å². The average Bonchev–Trinajstić information content (AvgIpc) is 2.26. The van der Waals surface area contributed by atoms with E-state index in [1.165, 1.54) is 6.07 Å². The van der Waals surface area contributed by atoms with Crippen LogP contribution in [-0.4, -0.2) is 16.6 Å². The Kier molecular flexibility index (Phi) is 4.27. The van der Waals surface area contributed by atoms with Crippen molar-refractivity contribution < 1.29 is 9.72 Å². The van der Waals surface area contributed by atoms with Gasteiger partial charge in [-0.3, -0.25) is 20.3 Å². The molecule has 7 heteroatoms. The van der Waals surface area contributed by atoms with Gasteiger partial charge in [0.2, 0.25) is 5.91 Å². The lowest BCUT2D eigenvalue weighted by molar-refractivity contribution is -0.387. The Bertz CT molecular complexity index is 422. The highest BCUT2D eigenvalue weighted by atomic mass is 32.2. The molecule has 0 saturated heterocycles. The molecule has 1 aromatic rings. The molecule has 0 fully saturated rings. The standard InChI is InChI=1S/C9H11N3O3S/c1-6-2-3-8(7(4-6)12(14)15)16-5-9(13)11-10/h2-4H,5,10H2,1H3,(H,11,13). The Balaban J connectivity index is 2.87.